The number of nitrogens with two attached hydrogens (primary N) is 1. The summed E-state index contributed by atoms with van der Waals surface area (Å²) < 4.78 is 4.75. The summed E-state index contributed by atoms with van der Waals surface area (Å²) >= 11 is 0. The molecule has 18 heavy (non-hydrogen) atoms. The van der Waals surface area contributed by atoms with Crippen molar-refractivity contribution < 1.29 is 40.2 Å². The molecule has 1 aliphatic heterocycles. The Labute approximate surface area is 102 Å². The Bertz CT molecular complexity index is 313. The maximum atomic E-state index is 10.8. The van der Waals surface area contributed by atoms with Crippen LogP contribution in [0.2, 0.25) is 0 Å². The van der Waals surface area contributed by atoms with Crippen LogP contribution in [0.5, 0.6) is 0 Å². The van der Waals surface area contributed by atoms with Crippen molar-refractivity contribution >= 4 is 5.97 Å². The van der Waals surface area contributed by atoms with Crippen LogP contribution in [0.3, 0.4) is 0 Å². The predicted octanol–water partition coefficient (Wildman–Crippen LogP) is -4.05. The number of aliphatic carboxylic acids is 1. The Morgan fingerprint density at radius 3 is 2.50 bits per heavy atom. The molecule has 9 heteroatoms. The van der Waals surface area contributed by atoms with E-state index in [1.807, 2.05) is 0 Å². The molecule has 1 heterocycles. The number of hydrogen-bond acceptors (Lipinski definition) is 8. The van der Waals surface area contributed by atoms with Gasteiger partial charge in [-0.3, -0.25) is 0 Å². The van der Waals surface area contributed by atoms with Gasteiger partial charge in [0.1, 0.15) is 18.3 Å². The molecule has 0 saturated carbocycles. The van der Waals surface area contributed by atoms with E-state index in [0.717, 1.165) is 0 Å². The minimum atomic E-state index is -2.70. The summed E-state index contributed by atoms with van der Waals surface area (Å²) in [6, 6.07) is -1.21. The van der Waals surface area contributed by atoms with Gasteiger partial charge in [-0.05, 0) is 0 Å². The van der Waals surface area contributed by atoms with Crippen LogP contribution in [0.25, 0.3) is 0 Å². The first-order valence-corrected chi connectivity index (χ1v) is 5.27. The third kappa shape index (κ3) is 2.78. The molecular formula is C9H17NO8. The van der Waals surface area contributed by atoms with Crippen LogP contribution in [-0.4, -0.2) is 79.5 Å². The highest BCUT2D eigenvalue weighted by Gasteiger charge is 2.52. The van der Waals surface area contributed by atoms with E-state index in [2.05, 4.69) is 0 Å². The number of hydrogen-bond donors (Lipinski definition) is 7. The number of carboxylic acid groups (broad SMARTS) is 1. The number of ether oxygens (including phenoxy) is 1. The second kappa shape index (κ2) is 5.45. The van der Waals surface area contributed by atoms with Crippen LogP contribution in [0.1, 0.15) is 6.42 Å². The quantitative estimate of drug-likeness (QED) is 0.267. The second-order valence-electron chi connectivity index (χ2n) is 4.26. The van der Waals surface area contributed by atoms with Crippen molar-refractivity contribution in [1.82, 2.24) is 0 Å². The zero-order valence-corrected chi connectivity index (χ0v) is 9.38. The monoisotopic (exact) mass is 267 g/mol. The fraction of sp³-hybridized carbons (Fsp3) is 0.889. The van der Waals surface area contributed by atoms with Gasteiger partial charge in [0.15, 0.2) is 0 Å². The largest absolute Gasteiger partial charge is 0.477 e. The van der Waals surface area contributed by atoms with Crippen LogP contribution >= 0.6 is 0 Å². The lowest BCUT2D eigenvalue weighted by Crippen LogP contribution is -2.65. The fourth-order valence-electron chi connectivity index (χ4n) is 1.75. The van der Waals surface area contributed by atoms with Crippen LogP contribution in [0.4, 0.5) is 0 Å². The highest BCUT2D eigenvalue weighted by molar-refractivity contribution is 5.75. The first-order chi connectivity index (χ1) is 8.23. The molecule has 1 saturated heterocycles. The van der Waals surface area contributed by atoms with E-state index in [4.69, 9.17) is 20.7 Å². The van der Waals surface area contributed by atoms with Crippen molar-refractivity contribution in [2.24, 2.45) is 5.73 Å². The molecule has 106 valence electrons. The van der Waals surface area contributed by atoms with Crippen LogP contribution in [-0.2, 0) is 9.53 Å². The molecule has 0 spiro atoms. The van der Waals surface area contributed by atoms with Gasteiger partial charge >= 0.3 is 5.97 Å². The minimum Gasteiger partial charge on any atom is -0.477 e. The van der Waals surface area contributed by atoms with Gasteiger partial charge in [0, 0.05) is 6.42 Å². The topological polar surface area (TPSA) is 174 Å². The summed E-state index contributed by atoms with van der Waals surface area (Å²) in [5.74, 6) is -4.44. The predicted molar refractivity (Wildman–Crippen MR) is 55.2 cm³/mol. The van der Waals surface area contributed by atoms with Gasteiger partial charge < -0.3 is 41.1 Å². The third-order valence-corrected chi connectivity index (χ3v) is 2.89. The SMILES string of the molecule is N[C@@H]1[C@@H](O)C[C@](O)(C(=O)O)O[C@H]1C(O)C(O)CO. The summed E-state index contributed by atoms with van der Waals surface area (Å²) in [6.45, 7) is -0.810. The third-order valence-electron chi connectivity index (χ3n) is 2.89. The first kappa shape index (κ1) is 15.2. The molecule has 1 aliphatic rings. The average molecular weight is 267 g/mol. The van der Waals surface area contributed by atoms with Crippen molar-refractivity contribution in [3.05, 3.63) is 0 Å². The number of carboxylic acids is 1. The highest BCUT2D eigenvalue weighted by atomic mass is 16.7. The zero-order valence-electron chi connectivity index (χ0n) is 9.38. The summed E-state index contributed by atoms with van der Waals surface area (Å²) in [5.41, 5.74) is 5.51. The van der Waals surface area contributed by atoms with Gasteiger partial charge in [0.05, 0.1) is 18.8 Å². The molecule has 9 nitrogen and oxygen atoms in total. The molecule has 0 aromatic heterocycles. The molecule has 0 aromatic carbocycles. The van der Waals surface area contributed by atoms with Crippen molar-refractivity contribution in [2.45, 2.75) is 42.7 Å². The lowest BCUT2D eigenvalue weighted by molar-refractivity contribution is -0.292. The van der Waals surface area contributed by atoms with E-state index in [1.54, 1.807) is 0 Å². The molecule has 6 atom stereocenters. The van der Waals surface area contributed by atoms with E-state index in [9.17, 15) is 25.2 Å². The summed E-state index contributed by atoms with van der Waals surface area (Å²) in [7, 11) is 0. The molecule has 8 N–H and O–H groups in total. The fourth-order valence-corrected chi connectivity index (χ4v) is 1.75. The maximum Gasteiger partial charge on any atom is 0.364 e. The van der Waals surface area contributed by atoms with Crippen LogP contribution in [0.15, 0.2) is 0 Å². The highest BCUT2D eigenvalue weighted by Crippen LogP contribution is 2.29. The Kier molecular flexibility index (Phi) is 4.61. The molecule has 1 fully saturated rings. The van der Waals surface area contributed by atoms with E-state index < -0.39 is 55.2 Å². The van der Waals surface area contributed by atoms with E-state index in [-0.39, 0.29) is 0 Å². The van der Waals surface area contributed by atoms with Gasteiger partial charge in [0.2, 0.25) is 0 Å². The van der Waals surface area contributed by atoms with Crippen molar-refractivity contribution in [3.63, 3.8) is 0 Å². The lowest BCUT2D eigenvalue weighted by Gasteiger charge is -2.43. The van der Waals surface area contributed by atoms with Gasteiger partial charge in [-0.25, -0.2) is 4.79 Å². The number of rotatable bonds is 4. The molecular weight excluding hydrogens is 250 g/mol. The Hall–Kier alpha value is -0.810. The molecule has 0 radical (unpaired) electrons. The lowest BCUT2D eigenvalue weighted by atomic mass is 9.89. The molecule has 0 aliphatic carbocycles. The number of carbonyl (C=O) groups is 1. The summed E-state index contributed by atoms with van der Waals surface area (Å²) in [6.07, 6.45) is -7.01. The van der Waals surface area contributed by atoms with E-state index >= 15 is 0 Å². The Morgan fingerprint density at radius 2 is 2.06 bits per heavy atom. The smallest absolute Gasteiger partial charge is 0.364 e. The van der Waals surface area contributed by atoms with Gasteiger partial charge in [0.25, 0.3) is 5.79 Å². The normalized spacial score (nSPS) is 40.2. The van der Waals surface area contributed by atoms with Crippen LogP contribution < -0.4 is 5.73 Å². The summed E-state index contributed by atoms with van der Waals surface area (Å²) in [4.78, 5) is 10.8. The average Bonchev–Trinajstić information content (AvgIpc) is 2.31. The van der Waals surface area contributed by atoms with Gasteiger partial charge in [-0.1, -0.05) is 0 Å². The Morgan fingerprint density at radius 1 is 1.50 bits per heavy atom. The molecule has 0 aromatic rings. The number of aliphatic hydroxyl groups excluding tert-OH is 4. The van der Waals surface area contributed by atoms with E-state index in [0.29, 0.717) is 0 Å². The number of aliphatic hydroxyl groups is 5. The minimum absolute atomic E-state index is 0.665. The zero-order chi connectivity index (χ0) is 14.1. The first-order valence-electron chi connectivity index (χ1n) is 5.27. The molecule has 2 unspecified atom stereocenters. The standard InChI is InChI=1S/C9H17NO8/c10-5-3(12)1-9(17,8(15)16)18-7(5)6(14)4(13)2-11/h3-7,11-14,17H,1-2,10H2,(H,15,16)/t3-,4?,5+,6?,7+,9+/m0/s1. The molecule has 0 bridgehead atoms. The molecule has 0 amide bonds. The van der Waals surface area contributed by atoms with Crippen molar-refractivity contribution in [1.29, 1.82) is 0 Å². The van der Waals surface area contributed by atoms with Gasteiger partial charge in [-0.15, -0.1) is 0 Å². The molecule has 1 rings (SSSR count). The maximum absolute atomic E-state index is 10.8. The van der Waals surface area contributed by atoms with Crippen LogP contribution in [0, 0.1) is 0 Å². The van der Waals surface area contributed by atoms with Crippen molar-refractivity contribution in [2.75, 3.05) is 6.61 Å². The Balaban J connectivity index is 2.92. The van der Waals surface area contributed by atoms with E-state index in [1.165, 1.54) is 0 Å². The van der Waals surface area contributed by atoms with Gasteiger partial charge in [-0.2, -0.15) is 0 Å². The second-order valence-corrected chi connectivity index (χ2v) is 4.26. The van der Waals surface area contributed by atoms with Crippen molar-refractivity contribution in [3.8, 4) is 0 Å². The summed E-state index contributed by atoms with van der Waals surface area (Å²) in [5, 5.41) is 55.5.